The van der Waals surface area contributed by atoms with E-state index in [-0.39, 0.29) is 5.84 Å². The van der Waals surface area contributed by atoms with Gasteiger partial charge in [0.2, 0.25) is 0 Å². The summed E-state index contributed by atoms with van der Waals surface area (Å²) in [4.78, 5) is 0. The van der Waals surface area contributed by atoms with Crippen molar-refractivity contribution in [3.63, 3.8) is 0 Å². The van der Waals surface area contributed by atoms with Crippen molar-refractivity contribution in [2.75, 3.05) is 5.75 Å². The van der Waals surface area contributed by atoms with Crippen molar-refractivity contribution in [3.05, 3.63) is 5.51 Å². The molecule has 0 atom stereocenters. The van der Waals surface area contributed by atoms with Gasteiger partial charge < -0.3 is 10.9 Å². The molecule has 7 heteroatoms. The highest BCUT2D eigenvalue weighted by atomic mass is 32.2. The molecule has 0 aliphatic carbocycles. The van der Waals surface area contributed by atoms with Crippen molar-refractivity contribution in [2.45, 2.75) is 17.2 Å². The van der Waals surface area contributed by atoms with Crippen molar-refractivity contribution >= 4 is 28.9 Å². The number of nitrogens with zero attached hydrogens (tertiary/aromatic N) is 3. The van der Waals surface area contributed by atoms with Gasteiger partial charge in [-0.2, -0.15) is 0 Å². The Balaban J connectivity index is 2.08. The third kappa shape index (κ3) is 4.09. The lowest BCUT2D eigenvalue weighted by atomic mass is 10.3. The topological polar surface area (TPSA) is 84.4 Å². The summed E-state index contributed by atoms with van der Waals surface area (Å²) in [6.45, 7) is 0. The van der Waals surface area contributed by atoms with E-state index < -0.39 is 0 Å². The number of thioether (sulfide) groups is 1. The number of oxime groups is 1. The molecule has 1 aromatic heterocycles. The molecule has 0 saturated carbocycles. The molecule has 5 nitrogen and oxygen atoms in total. The minimum Gasteiger partial charge on any atom is -0.409 e. The van der Waals surface area contributed by atoms with Gasteiger partial charge in [-0.15, -0.1) is 10.2 Å². The normalized spacial score (nSPS) is 11.8. The maximum absolute atomic E-state index is 8.25. The maximum atomic E-state index is 8.25. The lowest BCUT2D eigenvalue weighted by Crippen LogP contribution is -2.11. The quantitative estimate of drug-likeness (QED) is 0.193. The fourth-order valence-electron chi connectivity index (χ4n) is 0.689. The molecule has 0 bridgehead atoms. The predicted octanol–water partition coefficient (Wildman–Crippen LogP) is 1.16. The Hall–Kier alpha value is -0.820. The number of amidine groups is 1. The van der Waals surface area contributed by atoms with Crippen LogP contribution < -0.4 is 5.73 Å². The lowest BCUT2D eigenvalue weighted by Gasteiger charge is -1.96. The largest absolute Gasteiger partial charge is 0.409 e. The molecule has 0 radical (unpaired) electrons. The number of hydrogen-bond acceptors (Lipinski definition) is 6. The number of aromatic nitrogens is 2. The van der Waals surface area contributed by atoms with Gasteiger partial charge >= 0.3 is 0 Å². The molecule has 72 valence electrons. The SMILES string of the molecule is N/C(CCCSc1nncs1)=N\O. The van der Waals surface area contributed by atoms with Crippen molar-refractivity contribution in [1.29, 1.82) is 0 Å². The summed E-state index contributed by atoms with van der Waals surface area (Å²) >= 11 is 3.15. The molecule has 0 spiro atoms. The zero-order valence-electron chi connectivity index (χ0n) is 6.88. The summed E-state index contributed by atoms with van der Waals surface area (Å²) in [5.41, 5.74) is 7.00. The fraction of sp³-hybridized carbons (Fsp3) is 0.500. The van der Waals surface area contributed by atoms with Crippen LogP contribution in [0.5, 0.6) is 0 Å². The molecule has 13 heavy (non-hydrogen) atoms. The first-order valence-corrected chi connectivity index (χ1v) is 5.55. The van der Waals surface area contributed by atoms with Crippen molar-refractivity contribution in [2.24, 2.45) is 10.9 Å². The summed E-state index contributed by atoms with van der Waals surface area (Å²) in [7, 11) is 0. The smallest absolute Gasteiger partial charge is 0.174 e. The zero-order valence-corrected chi connectivity index (χ0v) is 8.51. The van der Waals surface area contributed by atoms with E-state index >= 15 is 0 Å². The Bertz CT molecular complexity index is 262. The van der Waals surface area contributed by atoms with Crippen LogP contribution in [-0.2, 0) is 0 Å². The van der Waals surface area contributed by atoms with Gasteiger partial charge in [-0.05, 0) is 6.42 Å². The monoisotopic (exact) mass is 218 g/mol. The Morgan fingerprint density at radius 1 is 1.77 bits per heavy atom. The average molecular weight is 218 g/mol. The molecular weight excluding hydrogens is 208 g/mol. The minimum absolute atomic E-state index is 0.276. The maximum Gasteiger partial charge on any atom is 0.174 e. The van der Waals surface area contributed by atoms with Crippen LogP contribution in [0.4, 0.5) is 0 Å². The molecule has 0 fully saturated rings. The highest BCUT2D eigenvalue weighted by molar-refractivity contribution is 8.00. The van der Waals surface area contributed by atoms with Crippen molar-refractivity contribution in [3.8, 4) is 0 Å². The van der Waals surface area contributed by atoms with E-state index in [0.29, 0.717) is 6.42 Å². The predicted molar refractivity (Wildman–Crippen MR) is 53.3 cm³/mol. The Morgan fingerprint density at radius 2 is 2.62 bits per heavy atom. The summed E-state index contributed by atoms with van der Waals surface area (Å²) in [5, 5.41) is 18.7. The van der Waals surface area contributed by atoms with Gasteiger partial charge in [0.05, 0.1) is 0 Å². The van der Waals surface area contributed by atoms with Crippen LogP contribution in [0.15, 0.2) is 15.0 Å². The van der Waals surface area contributed by atoms with Crippen LogP contribution in [-0.4, -0.2) is 27.0 Å². The van der Waals surface area contributed by atoms with Crippen LogP contribution in [0, 0.1) is 0 Å². The second-order valence-corrected chi connectivity index (χ2v) is 4.42. The standard InChI is InChI=1S/C6H10N4OS2/c7-5(10-11)2-1-3-12-6-9-8-4-13-6/h4,11H,1-3H2,(H2,7,10). The molecular formula is C6H10N4OS2. The average Bonchev–Trinajstić information content (AvgIpc) is 2.64. The van der Waals surface area contributed by atoms with Gasteiger partial charge in [-0.1, -0.05) is 28.3 Å². The third-order valence-corrected chi connectivity index (χ3v) is 3.22. The number of nitrogens with two attached hydrogens (primary N) is 1. The molecule has 0 aliphatic rings. The first kappa shape index (κ1) is 10.3. The summed E-state index contributed by atoms with van der Waals surface area (Å²) in [6.07, 6.45) is 1.49. The molecule has 0 saturated heterocycles. The molecule has 1 heterocycles. The summed E-state index contributed by atoms with van der Waals surface area (Å²) in [6, 6.07) is 0. The summed E-state index contributed by atoms with van der Waals surface area (Å²) in [5.74, 6) is 1.18. The summed E-state index contributed by atoms with van der Waals surface area (Å²) < 4.78 is 0.958. The molecule has 0 aromatic carbocycles. The van der Waals surface area contributed by atoms with E-state index in [1.54, 1.807) is 17.3 Å². The van der Waals surface area contributed by atoms with E-state index in [2.05, 4.69) is 15.4 Å². The number of hydrogen-bond donors (Lipinski definition) is 2. The first-order valence-electron chi connectivity index (χ1n) is 3.68. The van der Waals surface area contributed by atoms with Crippen molar-refractivity contribution < 1.29 is 5.21 Å². The fourth-order valence-corrected chi connectivity index (χ4v) is 2.19. The van der Waals surface area contributed by atoms with E-state index in [9.17, 15) is 0 Å². The Morgan fingerprint density at radius 3 is 3.23 bits per heavy atom. The van der Waals surface area contributed by atoms with E-state index in [1.807, 2.05) is 0 Å². The van der Waals surface area contributed by atoms with Gasteiger partial charge in [0.1, 0.15) is 11.3 Å². The van der Waals surface area contributed by atoms with Gasteiger partial charge in [0.25, 0.3) is 0 Å². The van der Waals surface area contributed by atoms with E-state index in [0.717, 1.165) is 16.5 Å². The Kier molecular flexibility index (Phi) is 4.55. The van der Waals surface area contributed by atoms with Crippen LogP contribution in [0.25, 0.3) is 0 Å². The van der Waals surface area contributed by atoms with Gasteiger partial charge in [0, 0.05) is 12.2 Å². The molecule has 0 amide bonds. The molecule has 1 aromatic rings. The van der Waals surface area contributed by atoms with Gasteiger partial charge in [-0.25, -0.2) is 0 Å². The third-order valence-electron chi connectivity index (χ3n) is 1.27. The molecule has 3 N–H and O–H groups in total. The second kappa shape index (κ2) is 5.76. The van der Waals surface area contributed by atoms with E-state index in [1.165, 1.54) is 11.3 Å². The van der Waals surface area contributed by atoms with E-state index in [4.69, 9.17) is 10.9 Å². The lowest BCUT2D eigenvalue weighted by molar-refractivity contribution is 0.317. The van der Waals surface area contributed by atoms with Crippen LogP contribution in [0.1, 0.15) is 12.8 Å². The molecule has 0 aliphatic heterocycles. The van der Waals surface area contributed by atoms with Gasteiger partial charge in [-0.3, -0.25) is 0 Å². The zero-order chi connectivity index (χ0) is 9.52. The van der Waals surface area contributed by atoms with Crippen molar-refractivity contribution in [1.82, 2.24) is 10.2 Å². The highest BCUT2D eigenvalue weighted by Crippen LogP contribution is 2.19. The number of rotatable bonds is 5. The molecule has 0 unspecified atom stereocenters. The van der Waals surface area contributed by atoms with Crippen LogP contribution >= 0.6 is 23.1 Å². The second-order valence-electron chi connectivity index (χ2n) is 2.25. The van der Waals surface area contributed by atoms with Crippen LogP contribution in [0.2, 0.25) is 0 Å². The van der Waals surface area contributed by atoms with Crippen LogP contribution in [0.3, 0.4) is 0 Å². The molecule has 1 rings (SSSR count). The highest BCUT2D eigenvalue weighted by Gasteiger charge is 1.98. The Labute approximate surface area is 84.0 Å². The minimum atomic E-state index is 0.276. The first-order chi connectivity index (χ1) is 6.33. The van der Waals surface area contributed by atoms with Gasteiger partial charge in [0.15, 0.2) is 4.34 Å².